The topological polar surface area (TPSA) is 84.9 Å². The number of benzene rings is 2. The molecule has 1 N–H and O–H groups in total. The Kier molecular flexibility index (Phi) is 7.59. The average molecular weight is 467 g/mol. The van der Waals surface area contributed by atoms with Gasteiger partial charge in [-0.2, -0.15) is 4.31 Å². The summed E-state index contributed by atoms with van der Waals surface area (Å²) < 4.78 is 38.9. The lowest BCUT2D eigenvalue weighted by Crippen LogP contribution is -2.48. The van der Waals surface area contributed by atoms with E-state index in [1.807, 2.05) is 45.0 Å². The first-order chi connectivity index (χ1) is 14.7. The smallest absolute Gasteiger partial charge is 0.251 e. The third kappa shape index (κ3) is 5.98. The van der Waals surface area contributed by atoms with E-state index in [0.29, 0.717) is 0 Å². The van der Waals surface area contributed by atoms with Crippen LogP contribution in [0.2, 0.25) is 5.02 Å². The highest BCUT2D eigenvalue weighted by molar-refractivity contribution is 7.89. The first-order valence-electron chi connectivity index (χ1n) is 10.1. The summed E-state index contributed by atoms with van der Waals surface area (Å²) in [5.41, 5.74) is 1.30. The second-order valence-electron chi connectivity index (χ2n) is 7.65. The van der Waals surface area contributed by atoms with Gasteiger partial charge in [0, 0.05) is 18.7 Å². The van der Waals surface area contributed by atoms with Crippen molar-refractivity contribution in [3.8, 4) is 5.75 Å². The molecular formula is C22H27ClN2O5S. The van der Waals surface area contributed by atoms with E-state index < -0.39 is 15.9 Å². The molecule has 31 heavy (non-hydrogen) atoms. The number of carbonyl (C=O) groups excluding carboxylic acids is 1. The second-order valence-corrected chi connectivity index (χ2v) is 9.96. The molecule has 0 aliphatic carbocycles. The van der Waals surface area contributed by atoms with Gasteiger partial charge in [0.05, 0.1) is 23.8 Å². The number of nitrogens with one attached hydrogen (secondary N) is 1. The zero-order valence-corrected chi connectivity index (χ0v) is 19.4. The lowest BCUT2D eigenvalue weighted by Gasteiger charge is -2.34. The molecule has 1 aliphatic heterocycles. The molecule has 1 heterocycles. The minimum Gasteiger partial charge on any atom is -0.492 e. The van der Waals surface area contributed by atoms with Crippen molar-refractivity contribution in [2.24, 2.45) is 0 Å². The van der Waals surface area contributed by atoms with E-state index >= 15 is 0 Å². The highest BCUT2D eigenvalue weighted by atomic mass is 35.5. The summed E-state index contributed by atoms with van der Waals surface area (Å²) in [6.07, 6.45) is -0.450. The van der Waals surface area contributed by atoms with Crippen molar-refractivity contribution >= 4 is 27.5 Å². The maximum atomic E-state index is 13.2. The molecule has 1 saturated heterocycles. The van der Waals surface area contributed by atoms with Crippen LogP contribution in [0, 0.1) is 6.92 Å². The highest BCUT2D eigenvalue weighted by Crippen LogP contribution is 2.28. The molecule has 2 atom stereocenters. The third-order valence-corrected chi connectivity index (χ3v) is 7.16. The number of sulfonamides is 1. The van der Waals surface area contributed by atoms with Crippen LogP contribution in [0.4, 0.5) is 0 Å². The number of aryl methyl sites for hydroxylation is 1. The molecule has 2 aromatic rings. The first kappa shape index (κ1) is 23.5. The summed E-state index contributed by atoms with van der Waals surface area (Å²) in [6.45, 7) is 6.64. The van der Waals surface area contributed by atoms with Gasteiger partial charge >= 0.3 is 0 Å². The summed E-state index contributed by atoms with van der Waals surface area (Å²) in [5, 5.41) is 2.82. The Morgan fingerprint density at radius 1 is 1.19 bits per heavy atom. The van der Waals surface area contributed by atoms with Crippen LogP contribution in [0.15, 0.2) is 47.4 Å². The van der Waals surface area contributed by atoms with Crippen molar-refractivity contribution in [2.45, 2.75) is 37.9 Å². The van der Waals surface area contributed by atoms with Gasteiger partial charge in [0.2, 0.25) is 10.0 Å². The SMILES string of the molecule is Cc1cccc(OCCNC(=O)c2ccc(Cl)c(S(=O)(=O)N3CC(C)OC(C)C3)c2)c1. The maximum Gasteiger partial charge on any atom is 0.251 e. The number of carbonyl (C=O) groups is 1. The molecule has 0 radical (unpaired) electrons. The molecule has 3 rings (SSSR count). The van der Waals surface area contributed by atoms with Crippen LogP contribution < -0.4 is 10.1 Å². The molecule has 168 valence electrons. The molecule has 7 nitrogen and oxygen atoms in total. The molecular weight excluding hydrogens is 440 g/mol. The third-order valence-electron chi connectivity index (χ3n) is 4.84. The van der Waals surface area contributed by atoms with Crippen molar-refractivity contribution < 1.29 is 22.7 Å². The van der Waals surface area contributed by atoms with Gasteiger partial charge in [0.15, 0.2) is 0 Å². The Morgan fingerprint density at radius 3 is 2.58 bits per heavy atom. The zero-order valence-electron chi connectivity index (χ0n) is 17.8. The van der Waals surface area contributed by atoms with Crippen LogP contribution in [0.25, 0.3) is 0 Å². The van der Waals surface area contributed by atoms with E-state index in [-0.39, 0.29) is 53.9 Å². The molecule has 0 spiro atoms. The Bertz CT molecular complexity index is 1030. The molecule has 2 unspecified atom stereocenters. The minimum absolute atomic E-state index is 0.0751. The number of hydrogen-bond donors (Lipinski definition) is 1. The summed E-state index contributed by atoms with van der Waals surface area (Å²) >= 11 is 6.20. The Hall–Kier alpha value is -2.13. The predicted octanol–water partition coefficient (Wildman–Crippen LogP) is 3.26. The monoisotopic (exact) mass is 466 g/mol. The normalized spacial score (nSPS) is 19.7. The van der Waals surface area contributed by atoms with Crippen LogP contribution in [0.1, 0.15) is 29.8 Å². The van der Waals surface area contributed by atoms with Gasteiger partial charge in [-0.05, 0) is 56.7 Å². The number of ether oxygens (including phenoxy) is 2. The van der Waals surface area contributed by atoms with Crippen LogP contribution >= 0.6 is 11.6 Å². The predicted molar refractivity (Wildman–Crippen MR) is 119 cm³/mol. The standard InChI is InChI=1S/C22H27ClN2O5S/c1-15-5-4-6-19(11-15)29-10-9-24-22(26)18-7-8-20(23)21(12-18)31(27,28)25-13-16(2)30-17(3)14-25/h4-8,11-12,16-17H,9-10,13-14H2,1-3H3,(H,24,26). The Balaban J connectivity index is 1.66. The van der Waals surface area contributed by atoms with Gasteiger partial charge in [-0.1, -0.05) is 23.7 Å². The van der Waals surface area contributed by atoms with Gasteiger partial charge in [0.25, 0.3) is 5.91 Å². The van der Waals surface area contributed by atoms with Crippen LogP contribution in [-0.4, -0.2) is 57.1 Å². The highest BCUT2D eigenvalue weighted by Gasteiger charge is 2.33. The molecule has 1 fully saturated rings. The fourth-order valence-electron chi connectivity index (χ4n) is 3.45. The van der Waals surface area contributed by atoms with Gasteiger partial charge < -0.3 is 14.8 Å². The maximum absolute atomic E-state index is 13.2. The van der Waals surface area contributed by atoms with E-state index in [9.17, 15) is 13.2 Å². The summed E-state index contributed by atoms with van der Waals surface area (Å²) in [7, 11) is -3.86. The minimum atomic E-state index is -3.86. The van der Waals surface area contributed by atoms with Gasteiger partial charge in [-0.15, -0.1) is 0 Å². The van der Waals surface area contributed by atoms with Crippen LogP contribution in [0.3, 0.4) is 0 Å². The van der Waals surface area contributed by atoms with Crippen molar-refractivity contribution in [1.29, 1.82) is 0 Å². The number of nitrogens with zero attached hydrogens (tertiary/aromatic N) is 1. The van der Waals surface area contributed by atoms with Gasteiger partial charge in [0.1, 0.15) is 17.3 Å². The molecule has 0 bridgehead atoms. The van der Waals surface area contributed by atoms with Gasteiger partial charge in [-0.3, -0.25) is 4.79 Å². The van der Waals surface area contributed by atoms with Crippen LogP contribution in [-0.2, 0) is 14.8 Å². The van der Waals surface area contributed by atoms with E-state index in [2.05, 4.69) is 5.32 Å². The number of halogens is 1. The van der Waals surface area contributed by atoms with E-state index in [4.69, 9.17) is 21.1 Å². The van der Waals surface area contributed by atoms with Crippen molar-refractivity contribution in [3.05, 3.63) is 58.6 Å². The summed E-state index contributed by atoms with van der Waals surface area (Å²) in [6, 6.07) is 11.9. The lowest BCUT2D eigenvalue weighted by molar-refractivity contribution is -0.0440. The number of morpholine rings is 1. The molecule has 0 saturated carbocycles. The van der Waals surface area contributed by atoms with E-state index in [1.165, 1.54) is 22.5 Å². The fraction of sp³-hybridized carbons (Fsp3) is 0.409. The molecule has 0 aromatic heterocycles. The quantitative estimate of drug-likeness (QED) is 0.633. The first-order valence-corrected chi connectivity index (χ1v) is 11.9. The fourth-order valence-corrected chi connectivity index (χ4v) is 5.54. The number of amides is 1. The summed E-state index contributed by atoms with van der Waals surface area (Å²) in [4.78, 5) is 12.5. The van der Waals surface area contributed by atoms with Crippen molar-refractivity contribution in [1.82, 2.24) is 9.62 Å². The van der Waals surface area contributed by atoms with Gasteiger partial charge in [-0.25, -0.2) is 8.42 Å². The van der Waals surface area contributed by atoms with Crippen molar-refractivity contribution in [2.75, 3.05) is 26.2 Å². The number of hydrogen-bond acceptors (Lipinski definition) is 5. The Labute approximate surface area is 188 Å². The molecule has 9 heteroatoms. The molecule has 1 aliphatic rings. The summed E-state index contributed by atoms with van der Waals surface area (Å²) in [5.74, 6) is 0.327. The Morgan fingerprint density at radius 2 is 1.90 bits per heavy atom. The van der Waals surface area contributed by atoms with Crippen molar-refractivity contribution in [3.63, 3.8) is 0 Å². The largest absolute Gasteiger partial charge is 0.492 e. The second kappa shape index (κ2) is 9.99. The van der Waals surface area contributed by atoms with Crippen LogP contribution in [0.5, 0.6) is 5.75 Å². The zero-order chi connectivity index (χ0) is 22.6. The van der Waals surface area contributed by atoms with E-state index in [0.717, 1.165) is 11.3 Å². The molecule has 2 aromatic carbocycles. The number of rotatable bonds is 7. The lowest BCUT2D eigenvalue weighted by atomic mass is 10.2. The molecule has 1 amide bonds. The average Bonchev–Trinajstić information content (AvgIpc) is 2.70. The van der Waals surface area contributed by atoms with E-state index in [1.54, 1.807) is 0 Å².